The zero-order valence-electron chi connectivity index (χ0n) is 10.5. The molecule has 0 spiro atoms. The Hall–Kier alpha value is -1.85. The summed E-state index contributed by atoms with van der Waals surface area (Å²) >= 11 is 0. The summed E-state index contributed by atoms with van der Waals surface area (Å²) in [5, 5.41) is 0. The van der Waals surface area contributed by atoms with Gasteiger partial charge < -0.3 is 4.74 Å². The highest BCUT2D eigenvalue weighted by Gasteiger charge is 2.33. The highest BCUT2D eigenvalue weighted by atomic mass is 17.2. The minimum atomic E-state index is -0.368. The van der Waals surface area contributed by atoms with Crippen molar-refractivity contribution in [3.8, 4) is 5.75 Å². The lowest BCUT2D eigenvalue weighted by atomic mass is 10.0. The number of rotatable bonds is 1. The number of carbonyl (C=O) groups excluding carboxylic acids is 1. The Morgan fingerprint density at radius 3 is 3.00 bits per heavy atom. The van der Waals surface area contributed by atoms with Crippen molar-refractivity contribution in [3.05, 3.63) is 42.1 Å². The first-order chi connectivity index (χ1) is 9.34. The summed E-state index contributed by atoms with van der Waals surface area (Å²) in [7, 11) is 0. The first-order valence-electron chi connectivity index (χ1n) is 6.37. The minimum absolute atomic E-state index is 0.161. The SMILES string of the molecule is O=C(Oc1ccccc1)N1CCCC2OOCC=C21. The van der Waals surface area contributed by atoms with E-state index in [1.807, 2.05) is 24.3 Å². The first kappa shape index (κ1) is 12.2. The smallest absolute Gasteiger partial charge is 0.410 e. The third-order valence-electron chi connectivity index (χ3n) is 3.20. The highest BCUT2D eigenvalue weighted by molar-refractivity contribution is 5.73. The fourth-order valence-corrected chi connectivity index (χ4v) is 2.31. The van der Waals surface area contributed by atoms with Crippen LogP contribution in [-0.2, 0) is 9.78 Å². The number of hydrogen-bond donors (Lipinski definition) is 0. The molecule has 5 heteroatoms. The standard InChI is InChI=1S/C14H15NO4/c16-14(18-11-5-2-1-3-6-11)15-9-4-7-13-12(15)8-10-17-19-13/h1-3,5-6,8,13H,4,7,9-10H2. The predicted octanol–water partition coefficient (Wildman–Crippen LogP) is 2.50. The Balaban J connectivity index is 1.73. The number of para-hydroxylation sites is 1. The van der Waals surface area contributed by atoms with E-state index in [0.717, 1.165) is 18.5 Å². The lowest BCUT2D eigenvalue weighted by Gasteiger charge is -2.35. The average molecular weight is 261 g/mol. The monoisotopic (exact) mass is 261 g/mol. The molecule has 5 nitrogen and oxygen atoms in total. The Labute approximate surface area is 111 Å². The lowest BCUT2D eigenvalue weighted by molar-refractivity contribution is -0.322. The fraction of sp³-hybridized carbons (Fsp3) is 0.357. The number of fused-ring (bicyclic) bond motifs is 1. The van der Waals surface area contributed by atoms with Crippen LogP contribution in [0.4, 0.5) is 4.79 Å². The predicted molar refractivity (Wildman–Crippen MR) is 67.3 cm³/mol. The number of piperidine rings is 1. The van der Waals surface area contributed by atoms with Crippen LogP contribution in [0.1, 0.15) is 12.8 Å². The van der Waals surface area contributed by atoms with Crippen LogP contribution >= 0.6 is 0 Å². The van der Waals surface area contributed by atoms with Crippen LogP contribution in [0.3, 0.4) is 0 Å². The van der Waals surface area contributed by atoms with Crippen LogP contribution in [-0.4, -0.2) is 30.2 Å². The van der Waals surface area contributed by atoms with Crippen molar-refractivity contribution >= 4 is 6.09 Å². The molecule has 1 fully saturated rings. The van der Waals surface area contributed by atoms with E-state index in [2.05, 4.69) is 0 Å². The summed E-state index contributed by atoms with van der Waals surface area (Å²) in [5.41, 5.74) is 0.846. The van der Waals surface area contributed by atoms with Gasteiger partial charge in [-0.05, 0) is 31.1 Å². The molecule has 0 N–H and O–H groups in total. The van der Waals surface area contributed by atoms with Gasteiger partial charge in [-0.1, -0.05) is 18.2 Å². The normalized spacial score (nSPS) is 22.4. The van der Waals surface area contributed by atoms with Crippen LogP contribution in [0.15, 0.2) is 42.1 Å². The van der Waals surface area contributed by atoms with Crippen LogP contribution in [0.5, 0.6) is 5.75 Å². The molecule has 0 aliphatic carbocycles. The molecule has 19 heavy (non-hydrogen) atoms. The third-order valence-corrected chi connectivity index (χ3v) is 3.20. The molecule has 2 aliphatic rings. The molecule has 1 amide bonds. The largest absolute Gasteiger partial charge is 0.419 e. The van der Waals surface area contributed by atoms with Crippen LogP contribution < -0.4 is 4.74 Å². The van der Waals surface area contributed by atoms with Crippen molar-refractivity contribution < 1.29 is 19.3 Å². The quantitative estimate of drug-likeness (QED) is 0.729. The van der Waals surface area contributed by atoms with Crippen molar-refractivity contribution in [1.82, 2.24) is 4.90 Å². The first-order valence-corrected chi connectivity index (χ1v) is 6.37. The van der Waals surface area contributed by atoms with Gasteiger partial charge >= 0.3 is 6.09 Å². The Bertz CT molecular complexity index is 485. The van der Waals surface area contributed by atoms with E-state index in [1.165, 1.54) is 0 Å². The Morgan fingerprint density at radius 1 is 1.32 bits per heavy atom. The summed E-state index contributed by atoms with van der Waals surface area (Å²) in [4.78, 5) is 23.9. The molecule has 2 heterocycles. The van der Waals surface area contributed by atoms with Gasteiger partial charge in [0.25, 0.3) is 0 Å². The van der Waals surface area contributed by atoms with Gasteiger partial charge in [0, 0.05) is 6.54 Å². The topological polar surface area (TPSA) is 48.0 Å². The molecule has 0 bridgehead atoms. The van der Waals surface area contributed by atoms with Gasteiger partial charge in [0.1, 0.15) is 18.5 Å². The average Bonchev–Trinajstić information content (AvgIpc) is 2.47. The maximum absolute atomic E-state index is 12.2. The zero-order chi connectivity index (χ0) is 13.1. The minimum Gasteiger partial charge on any atom is -0.410 e. The third kappa shape index (κ3) is 2.62. The number of carbonyl (C=O) groups is 1. The van der Waals surface area contributed by atoms with Gasteiger partial charge in [-0.2, -0.15) is 0 Å². The Kier molecular flexibility index (Phi) is 3.48. The molecule has 0 aromatic heterocycles. The van der Waals surface area contributed by atoms with Gasteiger partial charge in [-0.25, -0.2) is 14.6 Å². The van der Waals surface area contributed by atoms with Crippen LogP contribution in [0, 0.1) is 0 Å². The molecular weight excluding hydrogens is 246 g/mol. The second-order valence-corrected chi connectivity index (χ2v) is 4.47. The summed E-state index contributed by atoms with van der Waals surface area (Å²) in [5.74, 6) is 0.545. The summed E-state index contributed by atoms with van der Waals surface area (Å²) < 4.78 is 5.35. The van der Waals surface area contributed by atoms with Crippen molar-refractivity contribution in [2.45, 2.75) is 18.9 Å². The second-order valence-electron chi connectivity index (χ2n) is 4.47. The van der Waals surface area contributed by atoms with Crippen LogP contribution in [0.2, 0.25) is 0 Å². The number of benzene rings is 1. The number of likely N-dealkylation sites (tertiary alicyclic amines) is 1. The highest BCUT2D eigenvalue weighted by Crippen LogP contribution is 2.27. The fourth-order valence-electron chi connectivity index (χ4n) is 2.31. The van der Waals surface area contributed by atoms with E-state index in [9.17, 15) is 4.79 Å². The molecule has 1 unspecified atom stereocenters. The maximum atomic E-state index is 12.2. The van der Waals surface area contributed by atoms with Crippen LogP contribution in [0.25, 0.3) is 0 Å². The molecule has 1 aromatic carbocycles. The van der Waals surface area contributed by atoms with Gasteiger partial charge in [0.15, 0.2) is 0 Å². The molecular formula is C14H15NO4. The number of nitrogens with zero attached hydrogens (tertiary/aromatic N) is 1. The van der Waals surface area contributed by atoms with E-state index >= 15 is 0 Å². The molecule has 0 radical (unpaired) electrons. The summed E-state index contributed by atoms with van der Waals surface area (Å²) in [6, 6.07) is 9.06. The van der Waals surface area contributed by atoms with Gasteiger partial charge in [0.2, 0.25) is 0 Å². The van der Waals surface area contributed by atoms with E-state index in [-0.39, 0.29) is 12.2 Å². The Morgan fingerprint density at radius 2 is 2.16 bits per heavy atom. The zero-order valence-corrected chi connectivity index (χ0v) is 10.5. The number of amides is 1. The molecule has 2 aliphatic heterocycles. The van der Waals surface area contributed by atoms with Crippen molar-refractivity contribution in [2.75, 3.05) is 13.2 Å². The second kappa shape index (κ2) is 5.42. The van der Waals surface area contributed by atoms with E-state index < -0.39 is 0 Å². The lowest BCUT2D eigenvalue weighted by Crippen LogP contribution is -2.44. The van der Waals surface area contributed by atoms with Crippen molar-refractivity contribution in [1.29, 1.82) is 0 Å². The van der Waals surface area contributed by atoms with Crippen molar-refractivity contribution in [2.24, 2.45) is 0 Å². The maximum Gasteiger partial charge on any atom is 0.419 e. The van der Waals surface area contributed by atoms with Gasteiger partial charge in [0.05, 0.1) is 5.70 Å². The van der Waals surface area contributed by atoms with E-state index in [1.54, 1.807) is 17.0 Å². The summed E-state index contributed by atoms with van der Waals surface area (Å²) in [6.45, 7) is 1.01. The summed E-state index contributed by atoms with van der Waals surface area (Å²) in [6.07, 6.45) is 3.08. The number of hydrogen-bond acceptors (Lipinski definition) is 4. The number of ether oxygens (including phenoxy) is 1. The van der Waals surface area contributed by atoms with Crippen molar-refractivity contribution in [3.63, 3.8) is 0 Å². The molecule has 1 atom stereocenters. The van der Waals surface area contributed by atoms with E-state index in [0.29, 0.717) is 18.9 Å². The van der Waals surface area contributed by atoms with Gasteiger partial charge in [-0.3, -0.25) is 4.90 Å². The van der Waals surface area contributed by atoms with E-state index in [4.69, 9.17) is 14.5 Å². The molecule has 3 rings (SSSR count). The van der Waals surface area contributed by atoms with Gasteiger partial charge in [-0.15, -0.1) is 0 Å². The molecule has 100 valence electrons. The molecule has 1 aromatic rings. The molecule has 0 saturated carbocycles. The molecule has 1 saturated heterocycles.